The Labute approximate surface area is 116 Å². The van der Waals surface area contributed by atoms with E-state index in [1.54, 1.807) is 0 Å². The van der Waals surface area contributed by atoms with Crippen molar-refractivity contribution in [2.45, 2.75) is 58.2 Å². The minimum atomic E-state index is -0.545. The number of rotatable bonds is 4. The van der Waals surface area contributed by atoms with Crippen molar-refractivity contribution in [2.75, 3.05) is 0 Å². The predicted molar refractivity (Wildman–Crippen MR) is 76.8 cm³/mol. The lowest BCUT2D eigenvalue weighted by Crippen LogP contribution is -2.45. The third-order valence-electron chi connectivity index (χ3n) is 3.65. The van der Waals surface area contributed by atoms with E-state index in [0.717, 1.165) is 6.42 Å². The predicted octanol–water partition coefficient (Wildman–Crippen LogP) is 2.73. The minimum absolute atomic E-state index is 0.00418. The summed E-state index contributed by atoms with van der Waals surface area (Å²) in [6.45, 7) is 8.16. The second-order valence-corrected chi connectivity index (χ2v) is 6.15. The van der Waals surface area contributed by atoms with Crippen LogP contribution in [0.3, 0.4) is 0 Å². The van der Waals surface area contributed by atoms with Crippen LogP contribution < -0.4 is 5.73 Å². The fraction of sp³-hybridized carbons (Fsp3) is 0.625. The van der Waals surface area contributed by atoms with Crippen LogP contribution in [-0.4, -0.2) is 24.0 Å². The lowest BCUT2D eigenvalue weighted by Gasteiger charge is -2.26. The van der Waals surface area contributed by atoms with Gasteiger partial charge < -0.3 is 15.2 Å². The van der Waals surface area contributed by atoms with Crippen LogP contribution in [0.15, 0.2) is 30.3 Å². The number of benzene rings is 1. The lowest BCUT2D eigenvalue weighted by molar-refractivity contribution is -0.148. The van der Waals surface area contributed by atoms with Crippen molar-refractivity contribution in [3.05, 3.63) is 35.9 Å². The largest absolute Gasteiger partial charge is 0.344 e. The van der Waals surface area contributed by atoms with Crippen LogP contribution in [0.4, 0.5) is 0 Å². The first kappa shape index (κ1) is 14.5. The Morgan fingerprint density at radius 1 is 1.16 bits per heavy atom. The second kappa shape index (κ2) is 5.61. The van der Waals surface area contributed by atoms with Gasteiger partial charge in [0, 0.05) is 12.5 Å². The van der Waals surface area contributed by atoms with Gasteiger partial charge >= 0.3 is 0 Å². The van der Waals surface area contributed by atoms with Crippen molar-refractivity contribution in [1.29, 1.82) is 0 Å². The maximum atomic E-state index is 6.28. The SMILES string of the molecule is CC(C)[C@@H](N)[C@@H]1OC(C)(C)O[C@H]1Cc1ccccc1. The molecule has 3 atom stereocenters. The molecule has 1 aromatic rings. The first-order valence-electron chi connectivity index (χ1n) is 7.04. The van der Waals surface area contributed by atoms with E-state index in [-0.39, 0.29) is 18.2 Å². The lowest BCUT2D eigenvalue weighted by atomic mass is 9.93. The summed E-state index contributed by atoms with van der Waals surface area (Å²) in [5, 5.41) is 0. The van der Waals surface area contributed by atoms with Gasteiger partial charge in [-0.25, -0.2) is 0 Å². The number of hydrogen-bond acceptors (Lipinski definition) is 3. The van der Waals surface area contributed by atoms with Crippen LogP contribution in [0, 0.1) is 5.92 Å². The van der Waals surface area contributed by atoms with E-state index in [2.05, 4.69) is 26.0 Å². The summed E-state index contributed by atoms with van der Waals surface area (Å²) in [5.41, 5.74) is 7.54. The summed E-state index contributed by atoms with van der Waals surface area (Å²) in [4.78, 5) is 0. The van der Waals surface area contributed by atoms with Crippen LogP contribution in [0.2, 0.25) is 0 Å². The molecule has 106 valence electrons. The molecule has 1 saturated heterocycles. The molecular weight excluding hydrogens is 238 g/mol. The maximum absolute atomic E-state index is 6.28. The van der Waals surface area contributed by atoms with Gasteiger partial charge in [-0.05, 0) is 25.3 Å². The van der Waals surface area contributed by atoms with Gasteiger partial charge in [-0.2, -0.15) is 0 Å². The molecule has 0 saturated carbocycles. The Balaban J connectivity index is 2.12. The minimum Gasteiger partial charge on any atom is -0.344 e. The Morgan fingerprint density at radius 2 is 1.79 bits per heavy atom. The van der Waals surface area contributed by atoms with Crippen molar-refractivity contribution in [3.63, 3.8) is 0 Å². The molecule has 0 unspecified atom stereocenters. The van der Waals surface area contributed by atoms with Crippen molar-refractivity contribution in [2.24, 2.45) is 11.7 Å². The van der Waals surface area contributed by atoms with Crippen LogP contribution in [0.5, 0.6) is 0 Å². The van der Waals surface area contributed by atoms with Gasteiger partial charge in [0.15, 0.2) is 5.79 Å². The highest BCUT2D eigenvalue weighted by Gasteiger charge is 2.44. The van der Waals surface area contributed by atoms with Crippen LogP contribution >= 0.6 is 0 Å². The third-order valence-corrected chi connectivity index (χ3v) is 3.65. The Morgan fingerprint density at radius 3 is 2.37 bits per heavy atom. The fourth-order valence-electron chi connectivity index (χ4n) is 2.57. The van der Waals surface area contributed by atoms with E-state index >= 15 is 0 Å². The molecule has 1 aliphatic rings. The topological polar surface area (TPSA) is 44.5 Å². The Bertz CT molecular complexity index is 402. The van der Waals surface area contributed by atoms with Gasteiger partial charge in [0.2, 0.25) is 0 Å². The second-order valence-electron chi connectivity index (χ2n) is 6.15. The summed E-state index contributed by atoms with van der Waals surface area (Å²) < 4.78 is 12.0. The third kappa shape index (κ3) is 3.56. The first-order valence-corrected chi connectivity index (χ1v) is 7.04. The Kier molecular flexibility index (Phi) is 4.29. The first-order chi connectivity index (χ1) is 8.89. The molecule has 0 bridgehead atoms. The van der Waals surface area contributed by atoms with Gasteiger partial charge in [-0.3, -0.25) is 0 Å². The molecule has 19 heavy (non-hydrogen) atoms. The van der Waals surface area contributed by atoms with E-state index in [4.69, 9.17) is 15.2 Å². The average molecular weight is 263 g/mol. The summed E-state index contributed by atoms with van der Waals surface area (Å²) in [5.74, 6) is -0.169. The number of nitrogens with two attached hydrogens (primary N) is 1. The normalized spacial score (nSPS) is 27.7. The molecule has 3 heteroatoms. The quantitative estimate of drug-likeness (QED) is 0.908. The summed E-state index contributed by atoms with van der Waals surface area (Å²) >= 11 is 0. The summed E-state index contributed by atoms with van der Waals surface area (Å²) in [6.07, 6.45) is 0.819. The van der Waals surface area contributed by atoms with Crippen molar-refractivity contribution >= 4 is 0 Å². The van der Waals surface area contributed by atoms with Gasteiger partial charge in [0.1, 0.15) is 6.10 Å². The highest BCUT2D eigenvalue weighted by Crippen LogP contribution is 2.32. The van der Waals surface area contributed by atoms with Gasteiger partial charge in [0.05, 0.1) is 6.10 Å². The zero-order chi connectivity index (χ0) is 14.0. The zero-order valence-corrected chi connectivity index (χ0v) is 12.3. The van der Waals surface area contributed by atoms with E-state index < -0.39 is 5.79 Å². The van der Waals surface area contributed by atoms with Crippen molar-refractivity contribution in [3.8, 4) is 0 Å². The van der Waals surface area contributed by atoms with E-state index in [1.807, 2.05) is 32.0 Å². The van der Waals surface area contributed by atoms with E-state index in [0.29, 0.717) is 5.92 Å². The molecular formula is C16H25NO2. The summed E-state index contributed by atoms with van der Waals surface area (Å²) in [7, 11) is 0. The van der Waals surface area contributed by atoms with Crippen molar-refractivity contribution in [1.82, 2.24) is 0 Å². The highest BCUT2D eigenvalue weighted by molar-refractivity contribution is 5.16. The number of ether oxygens (including phenoxy) is 2. The van der Waals surface area contributed by atoms with Crippen LogP contribution in [0.1, 0.15) is 33.3 Å². The molecule has 3 nitrogen and oxygen atoms in total. The monoisotopic (exact) mass is 263 g/mol. The summed E-state index contributed by atoms with van der Waals surface area (Å²) in [6, 6.07) is 10.4. The van der Waals surface area contributed by atoms with E-state index in [1.165, 1.54) is 5.56 Å². The van der Waals surface area contributed by atoms with Gasteiger partial charge in [-0.15, -0.1) is 0 Å². The van der Waals surface area contributed by atoms with E-state index in [9.17, 15) is 0 Å². The standard InChI is InChI=1S/C16H25NO2/c1-11(2)14(17)15-13(18-16(3,4)19-15)10-12-8-6-5-7-9-12/h5-9,11,13-15H,10,17H2,1-4H3/t13-,14+,15+/m0/s1. The molecule has 2 rings (SSSR count). The Hall–Kier alpha value is -0.900. The highest BCUT2D eigenvalue weighted by atomic mass is 16.8. The molecule has 0 amide bonds. The molecule has 1 aromatic carbocycles. The molecule has 0 aliphatic carbocycles. The molecule has 0 aromatic heterocycles. The molecule has 1 aliphatic heterocycles. The smallest absolute Gasteiger partial charge is 0.163 e. The zero-order valence-electron chi connectivity index (χ0n) is 12.3. The van der Waals surface area contributed by atoms with Gasteiger partial charge in [-0.1, -0.05) is 44.2 Å². The fourth-order valence-corrected chi connectivity index (χ4v) is 2.57. The average Bonchev–Trinajstić information content (AvgIpc) is 2.64. The molecule has 0 radical (unpaired) electrons. The van der Waals surface area contributed by atoms with Crippen LogP contribution in [0.25, 0.3) is 0 Å². The maximum Gasteiger partial charge on any atom is 0.163 e. The number of hydrogen-bond donors (Lipinski definition) is 1. The van der Waals surface area contributed by atoms with Gasteiger partial charge in [0.25, 0.3) is 0 Å². The molecule has 1 fully saturated rings. The molecule has 0 spiro atoms. The molecule has 2 N–H and O–H groups in total. The molecule has 1 heterocycles. The van der Waals surface area contributed by atoms with Crippen LogP contribution in [-0.2, 0) is 15.9 Å². The van der Waals surface area contributed by atoms with Crippen molar-refractivity contribution < 1.29 is 9.47 Å².